The first kappa shape index (κ1) is 17.4. The van der Waals surface area contributed by atoms with E-state index in [1.807, 2.05) is 56.4 Å². The quantitative estimate of drug-likeness (QED) is 0.738. The number of sulfone groups is 1. The summed E-state index contributed by atoms with van der Waals surface area (Å²) in [6.45, 7) is 2.52. The molecule has 1 heterocycles. The van der Waals surface area contributed by atoms with Crippen molar-refractivity contribution < 1.29 is 8.42 Å². The summed E-state index contributed by atoms with van der Waals surface area (Å²) >= 11 is 0. The van der Waals surface area contributed by atoms with Crippen LogP contribution in [0, 0.1) is 6.92 Å². The Morgan fingerprint density at radius 1 is 1.04 bits per heavy atom. The standard InChI is InChI=1S/C19H21N3O2S/c1-15-8-10-18(11-9-15)25(23,24)14-22-13-17(12-20-2)21-19(22)16-6-4-3-5-7-16/h3-11,13,20H,12,14H2,1-2H3. The van der Waals surface area contributed by atoms with Gasteiger partial charge in [0, 0.05) is 18.3 Å². The van der Waals surface area contributed by atoms with E-state index in [4.69, 9.17) is 0 Å². The molecular formula is C19H21N3O2S. The van der Waals surface area contributed by atoms with Crippen molar-refractivity contribution >= 4 is 9.84 Å². The van der Waals surface area contributed by atoms with Crippen LogP contribution in [0.25, 0.3) is 11.4 Å². The van der Waals surface area contributed by atoms with Gasteiger partial charge in [-0.25, -0.2) is 13.4 Å². The molecule has 5 nitrogen and oxygen atoms in total. The molecule has 130 valence electrons. The first-order valence-electron chi connectivity index (χ1n) is 8.05. The van der Waals surface area contributed by atoms with Crippen LogP contribution in [-0.2, 0) is 22.3 Å². The van der Waals surface area contributed by atoms with Crippen LogP contribution in [0.4, 0.5) is 0 Å². The van der Waals surface area contributed by atoms with Gasteiger partial charge in [-0.05, 0) is 26.1 Å². The van der Waals surface area contributed by atoms with Gasteiger partial charge in [0.05, 0.1) is 10.6 Å². The Hall–Kier alpha value is -2.44. The molecule has 3 rings (SSSR count). The number of aryl methyl sites for hydroxylation is 1. The molecule has 0 unspecified atom stereocenters. The highest BCUT2D eigenvalue weighted by Gasteiger charge is 2.19. The Labute approximate surface area is 148 Å². The Morgan fingerprint density at radius 3 is 2.36 bits per heavy atom. The van der Waals surface area contributed by atoms with Crippen LogP contribution >= 0.6 is 0 Å². The molecule has 2 aromatic carbocycles. The molecule has 1 aromatic heterocycles. The molecule has 0 aliphatic rings. The number of imidazole rings is 1. The molecule has 0 aliphatic heterocycles. The van der Waals surface area contributed by atoms with Gasteiger partial charge in [-0.2, -0.15) is 0 Å². The summed E-state index contributed by atoms with van der Waals surface area (Å²) in [7, 11) is -1.62. The van der Waals surface area contributed by atoms with Gasteiger partial charge in [0.1, 0.15) is 11.7 Å². The van der Waals surface area contributed by atoms with Crippen molar-refractivity contribution in [3.05, 3.63) is 72.1 Å². The highest BCUT2D eigenvalue weighted by atomic mass is 32.2. The number of aromatic nitrogens is 2. The smallest absolute Gasteiger partial charge is 0.196 e. The summed E-state index contributed by atoms with van der Waals surface area (Å²) in [5, 5.41) is 3.05. The zero-order chi connectivity index (χ0) is 17.9. The van der Waals surface area contributed by atoms with E-state index in [1.165, 1.54) is 0 Å². The van der Waals surface area contributed by atoms with Crippen LogP contribution in [0.2, 0.25) is 0 Å². The third kappa shape index (κ3) is 3.97. The van der Waals surface area contributed by atoms with Crippen molar-refractivity contribution in [3.63, 3.8) is 0 Å². The second-order valence-electron chi connectivity index (χ2n) is 5.98. The number of nitrogens with zero attached hydrogens (tertiary/aromatic N) is 2. The first-order valence-corrected chi connectivity index (χ1v) is 9.70. The van der Waals surface area contributed by atoms with Crippen molar-refractivity contribution in [1.82, 2.24) is 14.9 Å². The zero-order valence-corrected chi connectivity index (χ0v) is 15.1. The topological polar surface area (TPSA) is 64.0 Å². The monoisotopic (exact) mass is 355 g/mol. The maximum atomic E-state index is 12.8. The van der Waals surface area contributed by atoms with Crippen LogP contribution in [0.5, 0.6) is 0 Å². The van der Waals surface area contributed by atoms with E-state index < -0.39 is 9.84 Å². The molecule has 0 saturated heterocycles. The van der Waals surface area contributed by atoms with E-state index in [0.29, 0.717) is 17.3 Å². The number of hydrogen-bond donors (Lipinski definition) is 1. The second-order valence-corrected chi connectivity index (χ2v) is 7.94. The minimum atomic E-state index is -3.46. The third-order valence-electron chi connectivity index (χ3n) is 3.91. The average Bonchev–Trinajstić information content (AvgIpc) is 2.98. The van der Waals surface area contributed by atoms with E-state index in [-0.39, 0.29) is 5.88 Å². The molecule has 1 N–H and O–H groups in total. The van der Waals surface area contributed by atoms with Gasteiger partial charge in [0.2, 0.25) is 0 Å². The normalized spacial score (nSPS) is 11.6. The summed E-state index contributed by atoms with van der Waals surface area (Å²) in [5.41, 5.74) is 2.73. The molecule has 0 atom stereocenters. The van der Waals surface area contributed by atoms with Crippen molar-refractivity contribution in [1.29, 1.82) is 0 Å². The van der Waals surface area contributed by atoms with Gasteiger partial charge < -0.3 is 9.88 Å². The average molecular weight is 355 g/mol. The molecule has 0 amide bonds. The molecule has 25 heavy (non-hydrogen) atoms. The number of nitrogens with one attached hydrogen (secondary N) is 1. The fourth-order valence-electron chi connectivity index (χ4n) is 2.66. The van der Waals surface area contributed by atoms with Crippen LogP contribution in [0.15, 0.2) is 65.7 Å². The SMILES string of the molecule is CNCc1cn(CS(=O)(=O)c2ccc(C)cc2)c(-c2ccccc2)n1. The summed E-state index contributed by atoms with van der Waals surface area (Å²) in [4.78, 5) is 4.92. The van der Waals surface area contributed by atoms with Gasteiger partial charge in [-0.15, -0.1) is 0 Å². The van der Waals surface area contributed by atoms with Gasteiger partial charge >= 0.3 is 0 Å². The maximum absolute atomic E-state index is 12.8. The maximum Gasteiger partial charge on any atom is 0.196 e. The molecule has 0 bridgehead atoms. The highest BCUT2D eigenvalue weighted by molar-refractivity contribution is 7.90. The van der Waals surface area contributed by atoms with Crippen LogP contribution in [0.1, 0.15) is 11.3 Å². The molecule has 0 radical (unpaired) electrons. The molecule has 3 aromatic rings. The minimum Gasteiger partial charge on any atom is -0.315 e. The number of benzene rings is 2. The molecule has 0 spiro atoms. The van der Waals surface area contributed by atoms with Gasteiger partial charge in [0.15, 0.2) is 9.84 Å². The Kier molecular flexibility index (Phi) is 5.01. The molecule has 6 heteroatoms. The van der Waals surface area contributed by atoms with Gasteiger partial charge in [0.25, 0.3) is 0 Å². The number of hydrogen-bond acceptors (Lipinski definition) is 4. The molecule has 0 aliphatic carbocycles. The van der Waals surface area contributed by atoms with Crippen molar-refractivity contribution in [2.24, 2.45) is 0 Å². The van der Waals surface area contributed by atoms with Crippen molar-refractivity contribution in [2.75, 3.05) is 7.05 Å². The van der Waals surface area contributed by atoms with Crippen LogP contribution in [0.3, 0.4) is 0 Å². The Morgan fingerprint density at radius 2 is 1.72 bits per heavy atom. The Bertz CT molecular complexity index is 946. The lowest BCUT2D eigenvalue weighted by molar-refractivity contribution is 0.584. The molecule has 0 fully saturated rings. The van der Waals surface area contributed by atoms with Crippen LogP contribution in [-0.4, -0.2) is 25.0 Å². The molecular weight excluding hydrogens is 334 g/mol. The van der Waals surface area contributed by atoms with Crippen molar-refractivity contribution in [3.8, 4) is 11.4 Å². The predicted octanol–water partition coefficient (Wildman–Crippen LogP) is 3.01. The van der Waals surface area contributed by atoms with E-state index in [2.05, 4.69) is 10.3 Å². The predicted molar refractivity (Wildman–Crippen MR) is 98.8 cm³/mol. The lowest BCUT2D eigenvalue weighted by atomic mass is 10.2. The first-order chi connectivity index (χ1) is 12.0. The highest BCUT2D eigenvalue weighted by Crippen LogP contribution is 2.22. The van der Waals surface area contributed by atoms with E-state index in [9.17, 15) is 8.42 Å². The fraction of sp³-hybridized carbons (Fsp3) is 0.211. The molecule has 0 saturated carbocycles. The number of rotatable bonds is 6. The zero-order valence-electron chi connectivity index (χ0n) is 14.3. The summed E-state index contributed by atoms with van der Waals surface area (Å²) in [5.74, 6) is 0.512. The Balaban J connectivity index is 2.00. The van der Waals surface area contributed by atoms with Crippen molar-refractivity contribution in [2.45, 2.75) is 24.2 Å². The summed E-state index contributed by atoms with van der Waals surface area (Å²) in [6, 6.07) is 16.5. The summed E-state index contributed by atoms with van der Waals surface area (Å²) in [6.07, 6.45) is 1.80. The largest absolute Gasteiger partial charge is 0.315 e. The summed E-state index contributed by atoms with van der Waals surface area (Å²) < 4.78 is 27.3. The van der Waals surface area contributed by atoms with E-state index in [0.717, 1.165) is 16.8 Å². The van der Waals surface area contributed by atoms with Crippen LogP contribution < -0.4 is 5.32 Å². The minimum absolute atomic E-state index is 0.142. The lowest BCUT2D eigenvalue weighted by Crippen LogP contribution is -2.12. The third-order valence-corrected chi connectivity index (χ3v) is 5.51. The second kappa shape index (κ2) is 7.21. The fourth-order valence-corrected chi connectivity index (χ4v) is 3.92. The van der Waals surface area contributed by atoms with E-state index in [1.54, 1.807) is 22.9 Å². The van der Waals surface area contributed by atoms with Gasteiger partial charge in [-0.1, -0.05) is 48.0 Å². The lowest BCUT2D eigenvalue weighted by Gasteiger charge is -2.09. The van der Waals surface area contributed by atoms with Gasteiger partial charge in [-0.3, -0.25) is 0 Å². The van der Waals surface area contributed by atoms with E-state index >= 15 is 0 Å².